The molecule has 0 radical (unpaired) electrons. The number of nitriles is 1. The number of thiazole rings is 1. The molecule has 3 heterocycles. The van der Waals surface area contributed by atoms with E-state index < -0.39 is 67.6 Å². The summed E-state index contributed by atoms with van der Waals surface area (Å²) >= 11 is 1.94. The molecule has 78 heavy (non-hydrogen) atoms. The van der Waals surface area contributed by atoms with Crippen LogP contribution in [0.15, 0.2) is 112 Å². The van der Waals surface area contributed by atoms with Crippen LogP contribution >= 0.6 is 23.1 Å². The minimum Gasteiger partial charge on any atom is -0.493 e. The number of rotatable bonds is 19. The van der Waals surface area contributed by atoms with E-state index in [-0.39, 0.29) is 108 Å². The van der Waals surface area contributed by atoms with Crippen molar-refractivity contribution >= 4 is 146 Å². The number of aromatic hydroxyl groups is 1. The molecule has 5 aromatic carbocycles. The highest BCUT2D eigenvalue weighted by Crippen LogP contribution is 2.44. The number of ether oxygens (including phenoxy) is 1. The van der Waals surface area contributed by atoms with Crippen molar-refractivity contribution in [2.45, 2.75) is 55.2 Å². The van der Waals surface area contributed by atoms with Gasteiger partial charge in [0.1, 0.15) is 33.5 Å². The van der Waals surface area contributed by atoms with Crippen LogP contribution < -0.4 is 10.1 Å². The molecule has 0 unspecified atom stereocenters. The van der Waals surface area contributed by atoms with Crippen LogP contribution in [0.4, 0.5) is 39.3 Å². The number of azo groups is 3. The van der Waals surface area contributed by atoms with Gasteiger partial charge in [0, 0.05) is 34.5 Å². The molecule has 3 aromatic heterocycles. The SMILES string of the molecule is CC(=O)Nc1ccc2c(c1)nc1c(C#N)c(C)c(N=Nc3cc(C)c(N=Nc4cc(C)c(N=Nc5nc6c(S(=O)(=O)O)cc7ccc(S(=O)(=O)O)cc7c6s5)cc4SCCCS(=O)(=O)O)cc3OCCCS(=O)(=O)O)c(O)n12. The Bertz CT molecular complexity index is 4420. The predicted octanol–water partition coefficient (Wildman–Crippen LogP) is 10.5. The number of nitrogens with zero attached hydrogens (tertiary/aromatic N) is 10. The van der Waals surface area contributed by atoms with Gasteiger partial charge < -0.3 is 15.2 Å². The van der Waals surface area contributed by atoms with Crippen molar-refractivity contribution < 1.29 is 66.5 Å². The van der Waals surface area contributed by atoms with Crippen molar-refractivity contribution in [3.05, 3.63) is 89.0 Å². The molecule has 0 bridgehead atoms. The van der Waals surface area contributed by atoms with Gasteiger partial charge in [-0.2, -0.15) is 44.0 Å². The standard InChI is InChI=1S/C46H41N11O15S6/c1-23-15-35(53-55-41-25(3)31(22-47)44-49-34-18-28(48-26(4)58)8-10-37(34)57(44)45(41)59)38(72-11-5-13-75(60,61)62)20-32(23)51-54-36-16-24(2)33(21-39(36)73-12-6-14-76(63,64)65)52-56-46-50-42-40(78(69,70)71)17-27-7-9-29(77(66,67)68)19-30(27)43(42)74-46/h7-10,15-21,59H,5-6,11-14H2,1-4H3,(H,48,58)(H,60,61,62)(H,63,64,65)(H,66,67,68)(H,69,70,71). The minimum absolute atomic E-state index is 0.00289. The molecule has 6 N–H and O–H groups in total. The molecule has 0 saturated carbocycles. The number of anilines is 1. The highest BCUT2D eigenvalue weighted by Gasteiger charge is 2.24. The van der Waals surface area contributed by atoms with Gasteiger partial charge in [0.2, 0.25) is 16.9 Å². The van der Waals surface area contributed by atoms with Crippen LogP contribution in [-0.2, 0) is 45.3 Å². The molecule has 32 heteroatoms. The zero-order valence-corrected chi connectivity index (χ0v) is 45.7. The lowest BCUT2D eigenvalue weighted by molar-refractivity contribution is -0.114. The summed E-state index contributed by atoms with van der Waals surface area (Å²) in [6.07, 6.45) is -0.143. The lowest BCUT2D eigenvalue weighted by Crippen LogP contribution is -2.08. The van der Waals surface area contributed by atoms with Gasteiger partial charge in [0.05, 0.1) is 55.8 Å². The molecule has 0 spiro atoms. The molecule has 0 aliphatic rings. The molecule has 1 amide bonds. The highest BCUT2D eigenvalue weighted by molar-refractivity contribution is 7.99. The van der Waals surface area contributed by atoms with E-state index >= 15 is 0 Å². The lowest BCUT2D eigenvalue weighted by atomic mass is 10.1. The number of amides is 1. The van der Waals surface area contributed by atoms with Gasteiger partial charge >= 0.3 is 0 Å². The topological polar surface area (TPSA) is 404 Å². The first-order valence-electron chi connectivity index (χ1n) is 22.5. The highest BCUT2D eigenvalue weighted by atomic mass is 32.2. The lowest BCUT2D eigenvalue weighted by Gasteiger charge is -2.12. The molecule has 8 aromatic rings. The largest absolute Gasteiger partial charge is 0.493 e. The Labute approximate surface area is 451 Å². The van der Waals surface area contributed by atoms with E-state index in [4.69, 9.17) is 4.74 Å². The van der Waals surface area contributed by atoms with E-state index in [1.54, 1.807) is 44.2 Å². The maximum atomic E-state index is 12.5. The number of nitrogens with one attached hydrogen (secondary N) is 1. The number of carbonyl (C=O) groups is 1. The Kier molecular flexibility index (Phi) is 16.1. The fourth-order valence-corrected chi connectivity index (χ4v) is 12.1. The number of hydrogen-bond acceptors (Lipinski definition) is 22. The monoisotopic (exact) mass is 1180 g/mol. The van der Waals surface area contributed by atoms with Crippen LogP contribution in [0, 0.1) is 32.1 Å². The summed E-state index contributed by atoms with van der Waals surface area (Å²) in [5.74, 6) is -1.78. The number of hydrogen-bond donors (Lipinski definition) is 6. The summed E-state index contributed by atoms with van der Waals surface area (Å²) in [7, 11) is -18.2. The van der Waals surface area contributed by atoms with E-state index in [2.05, 4.69) is 52.0 Å². The number of benzene rings is 5. The molecular weight excluding hydrogens is 1140 g/mol. The van der Waals surface area contributed by atoms with Crippen molar-refractivity contribution in [3.8, 4) is 17.7 Å². The third-order valence-corrected chi connectivity index (χ3v) is 16.8. The van der Waals surface area contributed by atoms with E-state index in [9.17, 15) is 67.0 Å². The Balaban J connectivity index is 1.17. The maximum absolute atomic E-state index is 12.5. The molecule has 0 atom stereocenters. The zero-order chi connectivity index (χ0) is 56.6. The summed E-state index contributed by atoms with van der Waals surface area (Å²) in [5, 5.41) is 51.1. The van der Waals surface area contributed by atoms with Crippen LogP contribution in [0.2, 0.25) is 0 Å². The van der Waals surface area contributed by atoms with E-state index in [1.807, 2.05) is 0 Å². The average molecular weight is 1180 g/mol. The van der Waals surface area contributed by atoms with Crippen molar-refractivity contribution in [1.29, 1.82) is 5.26 Å². The third kappa shape index (κ3) is 12.9. The fourth-order valence-electron chi connectivity index (χ4n) is 7.76. The van der Waals surface area contributed by atoms with Crippen LogP contribution in [0.5, 0.6) is 11.6 Å². The minimum atomic E-state index is -4.87. The molecule has 0 aliphatic heterocycles. The van der Waals surface area contributed by atoms with Crippen LogP contribution in [0.25, 0.3) is 37.7 Å². The summed E-state index contributed by atoms with van der Waals surface area (Å²) in [6.45, 7) is 5.94. The second-order valence-electron chi connectivity index (χ2n) is 17.1. The third-order valence-electron chi connectivity index (χ3n) is 11.4. The average Bonchev–Trinajstić information content (AvgIpc) is 4.07. The van der Waals surface area contributed by atoms with Gasteiger partial charge in [-0.05, 0) is 110 Å². The first-order valence-corrected chi connectivity index (χ1v) is 30.4. The Morgan fingerprint density at radius 2 is 1.42 bits per heavy atom. The quantitative estimate of drug-likeness (QED) is 0.0190. The van der Waals surface area contributed by atoms with Crippen molar-refractivity contribution in [1.82, 2.24) is 14.4 Å². The fraction of sp³-hybridized carbons (Fsp3) is 0.217. The Morgan fingerprint density at radius 1 is 0.769 bits per heavy atom. The zero-order valence-electron chi connectivity index (χ0n) is 40.8. The molecule has 0 saturated heterocycles. The van der Waals surface area contributed by atoms with Gasteiger partial charge in [0.25, 0.3) is 40.5 Å². The van der Waals surface area contributed by atoms with Gasteiger partial charge in [0.15, 0.2) is 11.3 Å². The smallest absolute Gasteiger partial charge is 0.296 e. The molecule has 0 fully saturated rings. The van der Waals surface area contributed by atoms with Gasteiger partial charge in [-0.3, -0.25) is 27.4 Å². The Morgan fingerprint density at radius 3 is 2.09 bits per heavy atom. The first kappa shape index (κ1) is 56.7. The number of aryl methyl sites for hydroxylation is 2. The molecule has 406 valence electrons. The van der Waals surface area contributed by atoms with Crippen molar-refractivity contribution in [2.75, 3.05) is 29.2 Å². The van der Waals surface area contributed by atoms with E-state index in [0.717, 1.165) is 41.3 Å². The second-order valence-corrected chi connectivity index (χ2v) is 25.2. The normalized spacial score (nSPS) is 12.8. The summed E-state index contributed by atoms with van der Waals surface area (Å²) in [6, 6.07) is 17.5. The van der Waals surface area contributed by atoms with Crippen molar-refractivity contribution in [3.63, 3.8) is 0 Å². The molecule has 26 nitrogen and oxygen atoms in total. The number of pyridine rings is 1. The Hall–Kier alpha value is -7.45. The van der Waals surface area contributed by atoms with E-state index in [0.29, 0.717) is 32.7 Å². The van der Waals surface area contributed by atoms with Crippen LogP contribution in [-0.4, -0.2) is 101 Å². The number of thioether (sulfide) groups is 1. The van der Waals surface area contributed by atoms with Gasteiger partial charge in [-0.25, -0.2) is 9.97 Å². The molecule has 8 rings (SSSR count). The van der Waals surface area contributed by atoms with Gasteiger partial charge in [-0.1, -0.05) is 17.4 Å². The first-order chi connectivity index (χ1) is 36.6. The molecule has 0 aliphatic carbocycles. The van der Waals surface area contributed by atoms with Crippen molar-refractivity contribution in [2.24, 2.45) is 30.7 Å². The number of carbonyl (C=O) groups excluding carboxylic acids is 1. The second kappa shape index (κ2) is 22.1. The summed E-state index contributed by atoms with van der Waals surface area (Å²) in [4.78, 5) is 19.8. The van der Waals surface area contributed by atoms with Gasteiger partial charge in [-0.15, -0.1) is 37.3 Å². The predicted molar refractivity (Wildman–Crippen MR) is 288 cm³/mol. The summed E-state index contributed by atoms with van der Waals surface area (Å²) in [5.41, 5.74) is 2.84. The summed E-state index contributed by atoms with van der Waals surface area (Å²) < 4.78 is 141. The van der Waals surface area contributed by atoms with Crippen LogP contribution in [0.1, 0.15) is 42.0 Å². The number of aromatic nitrogens is 3. The van der Waals surface area contributed by atoms with Crippen LogP contribution in [0.3, 0.4) is 0 Å². The maximum Gasteiger partial charge on any atom is 0.296 e. The van der Waals surface area contributed by atoms with E-state index in [1.165, 1.54) is 36.4 Å². The number of imidazole rings is 1. The molecular formula is C46H41N11O15S6. The number of fused-ring (bicyclic) bond motifs is 6.